The normalized spacial score (nSPS) is 12.3. The van der Waals surface area contributed by atoms with E-state index in [1.165, 1.54) is 60.5 Å². The molecule has 0 aliphatic heterocycles. The summed E-state index contributed by atoms with van der Waals surface area (Å²) in [6, 6.07) is 54.2. The highest BCUT2D eigenvalue weighted by molar-refractivity contribution is 6.14. The van der Waals surface area contributed by atoms with Gasteiger partial charge in [-0.05, 0) is 103 Å². The van der Waals surface area contributed by atoms with Crippen LogP contribution in [0.4, 0.5) is 0 Å². The van der Waals surface area contributed by atoms with Crippen LogP contribution >= 0.6 is 0 Å². The van der Waals surface area contributed by atoms with Crippen LogP contribution in [0, 0.1) is 0 Å². The summed E-state index contributed by atoms with van der Waals surface area (Å²) < 4.78 is 0. The average Bonchev–Trinajstić information content (AvgIpc) is 3.18. The molecule has 0 spiro atoms. The van der Waals surface area contributed by atoms with Crippen molar-refractivity contribution in [3.05, 3.63) is 175 Å². The van der Waals surface area contributed by atoms with Crippen molar-refractivity contribution in [3.63, 3.8) is 0 Å². The monoisotopic (exact) mass is 612 g/mol. The van der Waals surface area contributed by atoms with Crippen molar-refractivity contribution in [1.82, 2.24) is 9.97 Å². The van der Waals surface area contributed by atoms with E-state index in [1.807, 2.05) is 18.3 Å². The van der Waals surface area contributed by atoms with Crippen LogP contribution in [0.5, 0.6) is 0 Å². The van der Waals surface area contributed by atoms with Gasteiger partial charge < -0.3 is 0 Å². The number of benzene rings is 7. The van der Waals surface area contributed by atoms with Gasteiger partial charge in [-0.25, -0.2) is 9.97 Å². The largest absolute Gasteiger partial charge is 0.237 e. The first-order valence-corrected chi connectivity index (χ1v) is 16.6. The predicted molar refractivity (Wildman–Crippen MR) is 202 cm³/mol. The molecule has 1 aromatic heterocycles. The Hall–Kier alpha value is -6.12. The summed E-state index contributed by atoms with van der Waals surface area (Å²) in [5.41, 5.74) is 13.0. The molecule has 0 amide bonds. The Morgan fingerprint density at radius 2 is 1.08 bits per heavy atom. The van der Waals surface area contributed by atoms with E-state index in [4.69, 9.17) is 9.97 Å². The zero-order chi connectivity index (χ0) is 31.9. The van der Waals surface area contributed by atoms with Crippen molar-refractivity contribution in [2.75, 3.05) is 0 Å². The summed E-state index contributed by atoms with van der Waals surface area (Å²) in [6.45, 7) is 0. The lowest BCUT2D eigenvalue weighted by atomic mass is 9.85. The van der Waals surface area contributed by atoms with Crippen molar-refractivity contribution in [2.45, 2.75) is 12.8 Å². The van der Waals surface area contributed by atoms with E-state index < -0.39 is 0 Å². The molecule has 0 fully saturated rings. The third kappa shape index (κ3) is 4.99. The van der Waals surface area contributed by atoms with Gasteiger partial charge in [0.1, 0.15) is 0 Å². The summed E-state index contributed by atoms with van der Waals surface area (Å²) in [5.74, 6) is 0.717. The number of allylic oxidation sites excluding steroid dienone is 1. The number of hydrogen-bond acceptors (Lipinski definition) is 2. The van der Waals surface area contributed by atoms with Gasteiger partial charge in [0, 0.05) is 17.3 Å². The van der Waals surface area contributed by atoms with Crippen LogP contribution in [0.25, 0.3) is 83.6 Å². The van der Waals surface area contributed by atoms with E-state index in [0.717, 1.165) is 35.2 Å². The third-order valence-corrected chi connectivity index (χ3v) is 9.61. The Morgan fingerprint density at radius 1 is 0.438 bits per heavy atom. The van der Waals surface area contributed by atoms with Gasteiger partial charge in [-0.2, -0.15) is 0 Å². The number of aromatic nitrogens is 2. The molecule has 0 bridgehead atoms. The van der Waals surface area contributed by atoms with E-state index >= 15 is 0 Å². The van der Waals surface area contributed by atoms with E-state index in [0.29, 0.717) is 5.82 Å². The highest BCUT2D eigenvalue weighted by Gasteiger charge is 2.17. The van der Waals surface area contributed by atoms with Gasteiger partial charge in [0.15, 0.2) is 5.82 Å². The maximum Gasteiger partial charge on any atom is 0.159 e. The minimum atomic E-state index is 0.717. The second-order valence-electron chi connectivity index (χ2n) is 12.5. The van der Waals surface area contributed by atoms with E-state index in [9.17, 15) is 0 Å². The zero-order valence-electron chi connectivity index (χ0n) is 26.5. The first-order valence-electron chi connectivity index (χ1n) is 16.6. The Labute approximate surface area is 280 Å². The van der Waals surface area contributed by atoms with Crippen LogP contribution in [0.1, 0.15) is 17.5 Å². The van der Waals surface area contributed by atoms with Crippen molar-refractivity contribution >= 4 is 27.6 Å². The number of hydrogen-bond donors (Lipinski definition) is 0. The van der Waals surface area contributed by atoms with Crippen LogP contribution in [-0.4, -0.2) is 9.97 Å². The van der Waals surface area contributed by atoms with E-state index in [-0.39, 0.29) is 0 Å². The van der Waals surface area contributed by atoms with Gasteiger partial charge in [-0.15, -0.1) is 0 Å². The molecular formula is C46H32N2. The SMILES string of the molecule is C1=Cc2c(c3cc(-c4ccccc4-c4cccc(-c5nccc(-c6cccc(-c7ccccc7)c6)n5)c4)ccc3c3ccccc23)CC1. The fourth-order valence-corrected chi connectivity index (χ4v) is 7.31. The highest BCUT2D eigenvalue weighted by atomic mass is 14.9. The first-order chi connectivity index (χ1) is 23.8. The molecule has 226 valence electrons. The highest BCUT2D eigenvalue weighted by Crippen LogP contribution is 2.40. The minimum absolute atomic E-state index is 0.717. The van der Waals surface area contributed by atoms with Gasteiger partial charge in [-0.1, -0.05) is 140 Å². The van der Waals surface area contributed by atoms with E-state index in [1.54, 1.807) is 0 Å². The lowest BCUT2D eigenvalue weighted by Gasteiger charge is -2.19. The molecule has 0 saturated carbocycles. The van der Waals surface area contributed by atoms with Crippen LogP contribution in [-0.2, 0) is 6.42 Å². The molecule has 2 nitrogen and oxygen atoms in total. The summed E-state index contributed by atoms with van der Waals surface area (Å²) >= 11 is 0. The minimum Gasteiger partial charge on any atom is -0.237 e. The Balaban J connectivity index is 1.11. The molecule has 48 heavy (non-hydrogen) atoms. The fourth-order valence-electron chi connectivity index (χ4n) is 7.31. The van der Waals surface area contributed by atoms with Crippen LogP contribution in [0.15, 0.2) is 164 Å². The standard InChI is InChI=1S/C46H32N2/c1-2-12-31(13-3-1)32-14-10-16-35(28-32)45-26-27-47-46(48-45)36-17-11-15-33(29-36)37-18-4-5-19-38(37)34-24-25-43-41-22-7-6-20-39(41)40-21-8-9-23-42(40)44(43)30-34/h1-8,10-22,24-30H,9,23H2. The molecule has 0 N–H and O–H groups in total. The summed E-state index contributed by atoms with van der Waals surface area (Å²) in [7, 11) is 0. The van der Waals surface area contributed by atoms with Crippen molar-refractivity contribution in [3.8, 4) is 56.0 Å². The first kappa shape index (κ1) is 28.1. The fraction of sp³-hybridized carbons (Fsp3) is 0.0435. The molecule has 2 heteroatoms. The maximum absolute atomic E-state index is 5.05. The van der Waals surface area contributed by atoms with Crippen LogP contribution in [0.2, 0.25) is 0 Å². The number of aryl methyl sites for hydroxylation is 1. The summed E-state index contributed by atoms with van der Waals surface area (Å²) in [5, 5.41) is 5.35. The van der Waals surface area contributed by atoms with Gasteiger partial charge >= 0.3 is 0 Å². The Kier molecular flexibility index (Phi) is 6.98. The molecule has 1 aliphatic rings. The quantitative estimate of drug-likeness (QED) is 0.181. The predicted octanol–water partition coefficient (Wildman–Crippen LogP) is 12.1. The Morgan fingerprint density at radius 3 is 1.94 bits per heavy atom. The topological polar surface area (TPSA) is 25.8 Å². The number of nitrogens with zero attached hydrogens (tertiary/aromatic N) is 2. The van der Waals surface area contributed by atoms with Gasteiger partial charge in [0.25, 0.3) is 0 Å². The number of fused-ring (bicyclic) bond motifs is 6. The maximum atomic E-state index is 5.05. The molecule has 0 unspecified atom stereocenters. The van der Waals surface area contributed by atoms with Crippen molar-refractivity contribution < 1.29 is 0 Å². The molecule has 7 aromatic carbocycles. The second-order valence-corrected chi connectivity index (χ2v) is 12.5. The molecule has 0 saturated heterocycles. The molecule has 0 radical (unpaired) electrons. The van der Waals surface area contributed by atoms with Crippen molar-refractivity contribution in [1.29, 1.82) is 0 Å². The summed E-state index contributed by atoms with van der Waals surface area (Å²) in [6.07, 6.45) is 8.64. The smallest absolute Gasteiger partial charge is 0.159 e. The molecule has 1 heterocycles. The molecule has 0 atom stereocenters. The molecule has 8 aromatic rings. The van der Waals surface area contributed by atoms with Crippen LogP contribution in [0.3, 0.4) is 0 Å². The average molecular weight is 613 g/mol. The number of rotatable bonds is 5. The van der Waals surface area contributed by atoms with Gasteiger partial charge in [-0.3, -0.25) is 0 Å². The molecular weight excluding hydrogens is 581 g/mol. The zero-order valence-corrected chi connectivity index (χ0v) is 26.5. The lowest BCUT2D eigenvalue weighted by Crippen LogP contribution is -1.98. The molecule has 1 aliphatic carbocycles. The van der Waals surface area contributed by atoms with Gasteiger partial charge in [0.05, 0.1) is 5.69 Å². The molecule has 9 rings (SSSR count). The van der Waals surface area contributed by atoms with Crippen molar-refractivity contribution in [2.24, 2.45) is 0 Å². The third-order valence-electron chi connectivity index (χ3n) is 9.61. The van der Waals surface area contributed by atoms with Gasteiger partial charge in [0.2, 0.25) is 0 Å². The van der Waals surface area contributed by atoms with E-state index in [2.05, 4.69) is 152 Å². The summed E-state index contributed by atoms with van der Waals surface area (Å²) in [4.78, 5) is 9.76. The Bertz CT molecular complexity index is 2510. The second kappa shape index (κ2) is 11.9. The lowest BCUT2D eigenvalue weighted by molar-refractivity contribution is 1.00. The van der Waals surface area contributed by atoms with Crippen LogP contribution < -0.4 is 0 Å².